The van der Waals surface area contributed by atoms with Crippen LogP contribution in [0.15, 0.2) is 12.2 Å². The molecule has 0 aromatic rings. The molecule has 1 heterocycles. The van der Waals surface area contributed by atoms with Crippen molar-refractivity contribution in [2.24, 2.45) is 0 Å². The molecule has 1 saturated heterocycles. The molecule has 276 valence electrons. The van der Waals surface area contributed by atoms with E-state index in [1.807, 2.05) is 0 Å². The predicted octanol–water partition coefficient (Wildman–Crippen LogP) is 5.16. The molecule has 0 aromatic carbocycles. The molecule has 0 bridgehead atoms. The molecule has 4 N–H and O–H groups in total. The summed E-state index contributed by atoms with van der Waals surface area (Å²) in [6.45, 7) is 3.62. The standard InChI is InChI=1S/C34H62O12S/c1-3-5-7-9-11-13-15-17-19-21-23-30(36)45-27(24-43-29(35)22-20-18-16-14-12-10-8-6-4-2)25-44-34-33(39)32(38)31(37)28(46-34)26-47(40,41)42/h7,9,27-28,31-34,37-39H,3-6,8,10-26H2,1-2H3,(H,40,41,42)/b9-7-. The van der Waals surface area contributed by atoms with Crippen LogP contribution < -0.4 is 0 Å². The third kappa shape index (κ3) is 21.9. The molecule has 6 unspecified atom stereocenters. The van der Waals surface area contributed by atoms with Gasteiger partial charge in [0.05, 0.1) is 6.61 Å². The lowest BCUT2D eigenvalue weighted by Crippen LogP contribution is -2.60. The number of rotatable bonds is 28. The lowest BCUT2D eigenvalue weighted by molar-refractivity contribution is -0.297. The summed E-state index contributed by atoms with van der Waals surface area (Å²) in [7, 11) is -4.59. The van der Waals surface area contributed by atoms with Crippen LogP contribution in [0.5, 0.6) is 0 Å². The molecule has 0 aliphatic carbocycles. The molecular formula is C34H62O12S. The Morgan fingerprint density at radius 3 is 1.85 bits per heavy atom. The fraction of sp³-hybridized carbons (Fsp3) is 0.882. The molecule has 0 aromatic heterocycles. The molecule has 1 rings (SSSR count). The van der Waals surface area contributed by atoms with Gasteiger partial charge < -0.3 is 34.3 Å². The van der Waals surface area contributed by atoms with Gasteiger partial charge in [-0.2, -0.15) is 8.42 Å². The number of hydrogen-bond donors (Lipinski definition) is 4. The molecule has 1 fully saturated rings. The van der Waals surface area contributed by atoms with E-state index < -0.39 is 71.2 Å². The van der Waals surface area contributed by atoms with Gasteiger partial charge in [0.2, 0.25) is 0 Å². The van der Waals surface area contributed by atoms with Gasteiger partial charge in [-0.3, -0.25) is 14.1 Å². The molecule has 0 amide bonds. The Morgan fingerprint density at radius 2 is 1.26 bits per heavy atom. The summed E-state index contributed by atoms with van der Waals surface area (Å²) in [6, 6.07) is 0. The molecule has 0 saturated carbocycles. The Morgan fingerprint density at radius 1 is 0.702 bits per heavy atom. The van der Waals surface area contributed by atoms with Gasteiger partial charge in [-0.1, -0.05) is 103 Å². The summed E-state index contributed by atoms with van der Waals surface area (Å²) in [4.78, 5) is 25.0. The molecule has 13 heteroatoms. The molecule has 6 atom stereocenters. The SMILES string of the molecule is CCC/C=C\CCCCCCCC(=O)OC(COC(=O)CCCCCCCCCCC)COC1OC(CS(=O)(=O)O)C(O)C(O)C1O. The number of allylic oxidation sites excluding steroid dienone is 2. The second-order valence-electron chi connectivity index (χ2n) is 12.5. The minimum Gasteiger partial charge on any atom is -0.462 e. The van der Waals surface area contributed by atoms with Crippen molar-refractivity contribution < 1.29 is 56.8 Å². The summed E-state index contributed by atoms with van der Waals surface area (Å²) in [6.07, 6.45) is 13.0. The summed E-state index contributed by atoms with van der Waals surface area (Å²) < 4.78 is 53.6. The second-order valence-corrected chi connectivity index (χ2v) is 14.0. The summed E-state index contributed by atoms with van der Waals surface area (Å²) in [5, 5.41) is 30.6. The van der Waals surface area contributed by atoms with Crippen LogP contribution in [0.3, 0.4) is 0 Å². The topological polar surface area (TPSA) is 186 Å². The number of aliphatic hydroxyl groups is 3. The number of hydrogen-bond acceptors (Lipinski definition) is 11. The molecule has 0 spiro atoms. The van der Waals surface area contributed by atoms with Crippen LogP contribution in [0.2, 0.25) is 0 Å². The summed E-state index contributed by atoms with van der Waals surface area (Å²) in [5.74, 6) is -2.00. The Bertz CT molecular complexity index is 957. The van der Waals surface area contributed by atoms with E-state index in [-0.39, 0.29) is 19.4 Å². The van der Waals surface area contributed by atoms with Crippen LogP contribution >= 0.6 is 0 Å². The van der Waals surface area contributed by atoms with Crippen LogP contribution in [-0.2, 0) is 38.7 Å². The number of unbranched alkanes of at least 4 members (excludes halogenated alkanes) is 14. The summed E-state index contributed by atoms with van der Waals surface area (Å²) in [5.41, 5.74) is 0. The van der Waals surface area contributed by atoms with Crippen molar-refractivity contribution in [3.05, 3.63) is 12.2 Å². The van der Waals surface area contributed by atoms with Crippen LogP contribution in [0.25, 0.3) is 0 Å². The molecule has 0 radical (unpaired) electrons. The Kier molecular flexibility index (Phi) is 24.3. The van der Waals surface area contributed by atoms with E-state index in [4.69, 9.17) is 23.5 Å². The average Bonchev–Trinajstić information content (AvgIpc) is 3.02. The maximum absolute atomic E-state index is 12.6. The van der Waals surface area contributed by atoms with E-state index in [2.05, 4.69) is 26.0 Å². The lowest BCUT2D eigenvalue weighted by Gasteiger charge is -2.40. The van der Waals surface area contributed by atoms with Crippen LogP contribution in [0, 0.1) is 0 Å². The van der Waals surface area contributed by atoms with E-state index in [1.54, 1.807) is 0 Å². The van der Waals surface area contributed by atoms with E-state index in [1.165, 1.54) is 32.1 Å². The van der Waals surface area contributed by atoms with E-state index in [9.17, 15) is 33.3 Å². The molecule has 1 aliphatic heterocycles. The van der Waals surface area contributed by atoms with Gasteiger partial charge in [0, 0.05) is 12.8 Å². The first kappa shape index (κ1) is 43.4. The highest BCUT2D eigenvalue weighted by Gasteiger charge is 2.46. The van der Waals surface area contributed by atoms with Crippen molar-refractivity contribution in [1.29, 1.82) is 0 Å². The van der Waals surface area contributed by atoms with Gasteiger partial charge in [0.15, 0.2) is 12.4 Å². The van der Waals surface area contributed by atoms with Gasteiger partial charge in [-0.05, 0) is 32.1 Å². The van der Waals surface area contributed by atoms with Crippen molar-refractivity contribution in [3.8, 4) is 0 Å². The molecule has 47 heavy (non-hydrogen) atoms. The third-order valence-electron chi connectivity index (χ3n) is 8.08. The normalized spacial score (nSPS) is 22.4. The number of ether oxygens (including phenoxy) is 4. The van der Waals surface area contributed by atoms with Crippen molar-refractivity contribution >= 4 is 22.1 Å². The first-order valence-electron chi connectivity index (χ1n) is 17.7. The van der Waals surface area contributed by atoms with Crippen LogP contribution in [-0.4, -0.2) is 96.0 Å². The Hall–Kier alpha value is -1.61. The van der Waals surface area contributed by atoms with E-state index >= 15 is 0 Å². The Labute approximate surface area is 282 Å². The highest BCUT2D eigenvalue weighted by molar-refractivity contribution is 7.85. The third-order valence-corrected chi connectivity index (χ3v) is 8.83. The minimum absolute atomic E-state index is 0.156. The smallest absolute Gasteiger partial charge is 0.306 e. The fourth-order valence-corrected chi connectivity index (χ4v) is 5.96. The van der Waals surface area contributed by atoms with Crippen molar-refractivity contribution in [3.63, 3.8) is 0 Å². The minimum atomic E-state index is -4.59. The lowest BCUT2D eigenvalue weighted by atomic mass is 10.00. The zero-order valence-corrected chi connectivity index (χ0v) is 29.5. The zero-order valence-electron chi connectivity index (χ0n) is 28.6. The largest absolute Gasteiger partial charge is 0.462 e. The van der Waals surface area contributed by atoms with Crippen molar-refractivity contribution in [2.75, 3.05) is 19.0 Å². The molecule has 1 aliphatic rings. The maximum Gasteiger partial charge on any atom is 0.306 e. The first-order chi connectivity index (χ1) is 22.5. The second kappa shape index (κ2) is 26.3. The van der Waals surface area contributed by atoms with Crippen molar-refractivity contribution in [2.45, 2.75) is 173 Å². The van der Waals surface area contributed by atoms with Crippen LogP contribution in [0.1, 0.15) is 136 Å². The van der Waals surface area contributed by atoms with E-state index in [0.717, 1.165) is 64.2 Å². The monoisotopic (exact) mass is 694 g/mol. The van der Waals surface area contributed by atoms with E-state index in [0.29, 0.717) is 12.8 Å². The maximum atomic E-state index is 12.6. The van der Waals surface area contributed by atoms with Crippen LogP contribution in [0.4, 0.5) is 0 Å². The fourth-order valence-electron chi connectivity index (χ4n) is 5.26. The van der Waals surface area contributed by atoms with Gasteiger partial charge in [-0.25, -0.2) is 0 Å². The molecular weight excluding hydrogens is 632 g/mol. The van der Waals surface area contributed by atoms with Gasteiger partial charge in [0.1, 0.15) is 36.8 Å². The predicted molar refractivity (Wildman–Crippen MR) is 178 cm³/mol. The number of carbonyl (C=O) groups is 2. The highest BCUT2D eigenvalue weighted by Crippen LogP contribution is 2.24. The number of esters is 2. The van der Waals surface area contributed by atoms with Crippen molar-refractivity contribution in [1.82, 2.24) is 0 Å². The number of aliphatic hydroxyl groups excluding tert-OH is 3. The molecule has 12 nitrogen and oxygen atoms in total. The van der Waals surface area contributed by atoms with Gasteiger partial charge >= 0.3 is 11.9 Å². The zero-order chi connectivity index (χ0) is 34.9. The summed E-state index contributed by atoms with van der Waals surface area (Å²) >= 11 is 0. The highest BCUT2D eigenvalue weighted by atomic mass is 32.2. The van der Waals surface area contributed by atoms with Gasteiger partial charge in [0.25, 0.3) is 10.1 Å². The number of carbonyl (C=O) groups excluding carboxylic acids is 2. The average molecular weight is 695 g/mol. The quantitative estimate of drug-likeness (QED) is 0.0365. The Balaban J connectivity index is 2.58. The van der Waals surface area contributed by atoms with Gasteiger partial charge in [-0.15, -0.1) is 0 Å². The first-order valence-corrected chi connectivity index (χ1v) is 19.4.